The van der Waals surface area contributed by atoms with E-state index in [0.717, 1.165) is 12.1 Å². The van der Waals surface area contributed by atoms with E-state index in [1.165, 1.54) is 0 Å². The van der Waals surface area contributed by atoms with Gasteiger partial charge in [-0.25, -0.2) is 4.79 Å². The highest BCUT2D eigenvalue weighted by Gasteiger charge is 2.36. The van der Waals surface area contributed by atoms with Crippen molar-refractivity contribution in [2.24, 2.45) is 0 Å². The van der Waals surface area contributed by atoms with E-state index in [1.54, 1.807) is 13.8 Å². The first-order valence-corrected chi connectivity index (χ1v) is 5.84. The van der Waals surface area contributed by atoms with Crippen molar-refractivity contribution in [2.45, 2.75) is 32.2 Å². The van der Waals surface area contributed by atoms with Crippen LogP contribution in [0, 0.1) is 0 Å². The van der Waals surface area contributed by atoms with Crippen LogP contribution in [0.1, 0.15) is 37.0 Å². The zero-order chi connectivity index (χ0) is 14.6. The molecule has 0 aliphatic rings. The minimum absolute atomic E-state index is 0.0891. The molecule has 19 heavy (non-hydrogen) atoms. The number of H-pyrrole nitrogens is 1. The summed E-state index contributed by atoms with van der Waals surface area (Å²) in [6, 6.07) is 2.06. The number of aromatic nitrogens is 1. The Hall–Kier alpha value is -2.31. The lowest BCUT2D eigenvalue weighted by atomic mass is 9.92. The number of carbonyl (C=O) groups is 2. The Balaban J connectivity index is 3.07. The third-order valence-electron chi connectivity index (χ3n) is 3.06. The molecule has 1 rings (SSSR count). The van der Waals surface area contributed by atoms with Crippen LogP contribution in [-0.4, -0.2) is 32.6 Å². The number of carboxylic acids is 1. The highest BCUT2D eigenvalue weighted by Crippen LogP contribution is 2.16. The summed E-state index contributed by atoms with van der Waals surface area (Å²) < 4.78 is 0. The van der Waals surface area contributed by atoms with Crippen LogP contribution in [0.2, 0.25) is 0 Å². The molecule has 7 heteroatoms. The van der Waals surface area contributed by atoms with E-state index < -0.39 is 28.9 Å². The number of amides is 1. The molecule has 0 aliphatic carbocycles. The summed E-state index contributed by atoms with van der Waals surface area (Å²) in [6.45, 7) is 3.29. The molecule has 0 unspecified atom stereocenters. The first-order chi connectivity index (χ1) is 8.84. The summed E-state index contributed by atoms with van der Waals surface area (Å²) in [4.78, 5) is 36.4. The number of hydrogen-bond donors (Lipinski definition) is 4. The number of carboxylic acid groups (broad SMARTS) is 1. The number of pyridine rings is 1. The van der Waals surface area contributed by atoms with Crippen LogP contribution in [0.25, 0.3) is 0 Å². The molecule has 0 atom stereocenters. The summed E-state index contributed by atoms with van der Waals surface area (Å²) in [6.07, 6.45) is 0.416. The minimum atomic E-state index is -1.38. The molecule has 0 spiro atoms. The number of aromatic hydroxyl groups is 1. The highest BCUT2D eigenvalue weighted by atomic mass is 16.4. The molecule has 1 aromatic heterocycles. The van der Waals surface area contributed by atoms with Gasteiger partial charge in [-0.15, -0.1) is 0 Å². The molecular formula is C12H16N2O5. The maximum Gasteiger partial charge on any atom is 0.329 e. The van der Waals surface area contributed by atoms with Crippen LogP contribution in [0.4, 0.5) is 0 Å². The Labute approximate surface area is 109 Å². The summed E-state index contributed by atoms with van der Waals surface area (Å²) in [5, 5.41) is 20.8. The Morgan fingerprint density at radius 1 is 1.32 bits per heavy atom. The fourth-order valence-corrected chi connectivity index (χ4v) is 1.73. The number of aliphatic carboxylic acids is 1. The van der Waals surface area contributed by atoms with Crippen molar-refractivity contribution in [3.63, 3.8) is 0 Å². The smallest absolute Gasteiger partial charge is 0.329 e. The summed E-state index contributed by atoms with van der Waals surface area (Å²) in [7, 11) is 0. The fourth-order valence-electron chi connectivity index (χ4n) is 1.73. The van der Waals surface area contributed by atoms with Gasteiger partial charge in [0.05, 0.1) is 5.56 Å². The van der Waals surface area contributed by atoms with Gasteiger partial charge in [0.1, 0.15) is 5.54 Å². The van der Waals surface area contributed by atoms with Crippen molar-refractivity contribution < 1.29 is 19.8 Å². The Bertz CT molecular complexity index is 545. The van der Waals surface area contributed by atoms with Crippen LogP contribution >= 0.6 is 0 Å². The summed E-state index contributed by atoms with van der Waals surface area (Å²) >= 11 is 0. The van der Waals surface area contributed by atoms with E-state index in [1.807, 2.05) is 0 Å². The number of nitrogens with one attached hydrogen (secondary N) is 2. The largest absolute Gasteiger partial charge is 0.494 e. The SMILES string of the molecule is CCC(CC)(NC(=O)c1cc(O)[nH]c(=O)c1)C(=O)O. The van der Waals surface area contributed by atoms with E-state index >= 15 is 0 Å². The molecule has 7 nitrogen and oxygen atoms in total. The topological polar surface area (TPSA) is 119 Å². The molecule has 0 saturated heterocycles. The second-order valence-corrected chi connectivity index (χ2v) is 4.17. The van der Waals surface area contributed by atoms with Gasteiger partial charge in [0.25, 0.3) is 11.5 Å². The average molecular weight is 268 g/mol. The van der Waals surface area contributed by atoms with Gasteiger partial charge >= 0.3 is 5.97 Å². The number of aromatic amines is 1. The van der Waals surface area contributed by atoms with Crippen LogP contribution in [0.3, 0.4) is 0 Å². The van der Waals surface area contributed by atoms with Gasteiger partial charge in [0, 0.05) is 12.1 Å². The normalized spacial score (nSPS) is 11.1. The second-order valence-electron chi connectivity index (χ2n) is 4.17. The van der Waals surface area contributed by atoms with E-state index in [-0.39, 0.29) is 18.4 Å². The molecule has 0 bridgehead atoms. The van der Waals surface area contributed by atoms with Gasteiger partial charge in [0.2, 0.25) is 0 Å². The predicted octanol–water partition coefficient (Wildman–Crippen LogP) is 0.454. The molecular weight excluding hydrogens is 252 g/mol. The van der Waals surface area contributed by atoms with Crippen molar-refractivity contribution in [3.05, 3.63) is 28.0 Å². The van der Waals surface area contributed by atoms with Gasteiger partial charge < -0.3 is 15.5 Å². The first kappa shape index (κ1) is 14.7. The molecule has 0 aliphatic heterocycles. The van der Waals surface area contributed by atoms with Crippen molar-refractivity contribution in [1.29, 1.82) is 0 Å². The molecule has 1 heterocycles. The van der Waals surface area contributed by atoms with Crippen molar-refractivity contribution >= 4 is 11.9 Å². The minimum Gasteiger partial charge on any atom is -0.494 e. The molecule has 1 aromatic rings. The third kappa shape index (κ3) is 3.12. The Morgan fingerprint density at radius 3 is 2.32 bits per heavy atom. The quantitative estimate of drug-likeness (QED) is 0.618. The molecule has 104 valence electrons. The fraction of sp³-hybridized carbons (Fsp3) is 0.417. The monoisotopic (exact) mass is 268 g/mol. The van der Waals surface area contributed by atoms with Gasteiger partial charge in [-0.05, 0) is 12.8 Å². The van der Waals surface area contributed by atoms with Gasteiger partial charge in [0.15, 0.2) is 5.88 Å². The third-order valence-corrected chi connectivity index (χ3v) is 3.06. The lowest BCUT2D eigenvalue weighted by Gasteiger charge is -2.28. The van der Waals surface area contributed by atoms with Gasteiger partial charge in [-0.2, -0.15) is 0 Å². The lowest BCUT2D eigenvalue weighted by molar-refractivity contribution is -0.144. The number of carbonyl (C=O) groups excluding carboxylic acids is 1. The zero-order valence-electron chi connectivity index (χ0n) is 10.7. The maximum absolute atomic E-state index is 11.9. The number of rotatable bonds is 5. The van der Waals surface area contributed by atoms with Crippen molar-refractivity contribution in [1.82, 2.24) is 10.3 Å². The van der Waals surface area contributed by atoms with Gasteiger partial charge in [-0.3, -0.25) is 14.6 Å². The zero-order valence-corrected chi connectivity index (χ0v) is 10.7. The Morgan fingerprint density at radius 2 is 1.89 bits per heavy atom. The maximum atomic E-state index is 11.9. The van der Waals surface area contributed by atoms with Gasteiger partial charge in [-0.1, -0.05) is 13.8 Å². The second kappa shape index (κ2) is 5.55. The molecule has 0 saturated carbocycles. The van der Waals surface area contributed by atoms with Crippen molar-refractivity contribution in [3.8, 4) is 5.88 Å². The first-order valence-electron chi connectivity index (χ1n) is 5.84. The molecule has 0 fully saturated rings. The van der Waals surface area contributed by atoms with E-state index in [4.69, 9.17) is 0 Å². The summed E-state index contributed by atoms with van der Waals surface area (Å²) in [5.74, 6) is -2.31. The molecule has 0 aromatic carbocycles. The standard InChI is InChI=1S/C12H16N2O5/c1-3-12(4-2,11(18)19)14-10(17)7-5-8(15)13-9(16)6-7/h5-6H,3-4H2,1-2H3,(H,14,17)(H,18,19)(H2,13,15,16). The van der Waals surface area contributed by atoms with E-state index in [2.05, 4.69) is 10.3 Å². The van der Waals surface area contributed by atoms with Crippen LogP contribution in [-0.2, 0) is 4.79 Å². The molecule has 0 radical (unpaired) electrons. The van der Waals surface area contributed by atoms with E-state index in [9.17, 15) is 24.6 Å². The Kier molecular flexibility index (Phi) is 4.31. The average Bonchev–Trinajstić information content (AvgIpc) is 2.34. The highest BCUT2D eigenvalue weighted by molar-refractivity contribution is 5.97. The number of hydrogen-bond acceptors (Lipinski definition) is 4. The molecule has 1 amide bonds. The lowest BCUT2D eigenvalue weighted by Crippen LogP contribution is -2.53. The molecule has 4 N–H and O–H groups in total. The predicted molar refractivity (Wildman–Crippen MR) is 67.1 cm³/mol. The van der Waals surface area contributed by atoms with Crippen LogP contribution < -0.4 is 10.9 Å². The van der Waals surface area contributed by atoms with Crippen molar-refractivity contribution in [2.75, 3.05) is 0 Å². The summed E-state index contributed by atoms with van der Waals surface area (Å²) in [5.41, 5.74) is -2.11. The van der Waals surface area contributed by atoms with E-state index in [0.29, 0.717) is 0 Å². The van der Waals surface area contributed by atoms with Crippen LogP contribution in [0.15, 0.2) is 16.9 Å². The van der Waals surface area contributed by atoms with Crippen LogP contribution in [0.5, 0.6) is 5.88 Å².